The Bertz CT molecular complexity index is 292. The lowest BCUT2D eigenvalue weighted by Crippen LogP contribution is -2.11. The molecule has 0 unspecified atom stereocenters. The van der Waals surface area contributed by atoms with Gasteiger partial charge in [-0.3, -0.25) is 4.57 Å². The summed E-state index contributed by atoms with van der Waals surface area (Å²) in [5.41, 5.74) is 0. The Morgan fingerprint density at radius 2 is 1.21 bits per heavy atom. The highest BCUT2D eigenvalue weighted by molar-refractivity contribution is 7.53. The van der Waals surface area contributed by atoms with E-state index >= 15 is 0 Å². The maximum Gasteiger partial charge on any atom is 0.330 e. The number of aliphatic hydroxyl groups excluding tert-OH is 1. The van der Waals surface area contributed by atoms with Gasteiger partial charge in [-0.25, -0.2) is 0 Å². The zero-order valence-electron chi connectivity index (χ0n) is 15.2. The summed E-state index contributed by atoms with van der Waals surface area (Å²) < 4.78 is 38.6. The molecule has 0 radical (unpaired) electrons. The first-order valence-corrected chi connectivity index (χ1v) is 10.6. The zero-order valence-corrected chi connectivity index (χ0v) is 16.1. The van der Waals surface area contributed by atoms with Crippen LogP contribution in [0.4, 0.5) is 0 Å². The Kier molecular flexibility index (Phi) is 17.8. The molecule has 0 aliphatic rings. The van der Waals surface area contributed by atoms with Gasteiger partial charge >= 0.3 is 7.60 Å². The van der Waals surface area contributed by atoms with Crippen molar-refractivity contribution in [1.82, 2.24) is 0 Å². The van der Waals surface area contributed by atoms with Crippen molar-refractivity contribution in [3.05, 3.63) is 0 Å². The van der Waals surface area contributed by atoms with Crippen molar-refractivity contribution in [3.8, 4) is 0 Å². The summed E-state index contributed by atoms with van der Waals surface area (Å²) in [5, 5.41) is 8.52. The van der Waals surface area contributed by atoms with Gasteiger partial charge in [-0.05, 0) is 26.7 Å². The van der Waals surface area contributed by atoms with E-state index < -0.39 is 7.60 Å². The van der Waals surface area contributed by atoms with Crippen LogP contribution in [0.15, 0.2) is 0 Å². The predicted molar refractivity (Wildman–Crippen MR) is 93.7 cm³/mol. The minimum atomic E-state index is -2.88. The number of hydrogen-bond acceptors (Lipinski definition) is 7. The lowest BCUT2D eigenvalue weighted by Gasteiger charge is -2.16. The van der Waals surface area contributed by atoms with Gasteiger partial charge in [-0.1, -0.05) is 12.8 Å². The normalized spacial score (nSPS) is 12.0. The molecule has 7 nitrogen and oxygen atoms in total. The van der Waals surface area contributed by atoms with Gasteiger partial charge in [0, 0.05) is 6.61 Å². The first-order chi connectivity index (χ1) is 11.7. The molecule has 0 aromatic heterocycles. The van der Waals surface area contributed by atoms with E-state index in [-0.39, 0.29) is 6.61 Å². The topological polar surface area (TPSA) is 83.5 Å². The fraction of sp³-hybridized carbons (Fsp3) is 1.00. The molecule has 0 saturated heterocycles. The van der Waals surface area contributed by atoms with Crippen LogP contribution in [0.1, 0.15) is 39.5 Å². The second kappa shape index (κ2) is 17.8. The van der Waals surface area contributed by atoms with Crippen LogP contribution in [0.25, 0.3) is 0 Å². The fourth-order valence-corrected chi connectivity index (χ4v) is 3.76. The number of rotatable bonds is 19. The predicted octanol–water partition coefficient (Wildman–Crippen LogP) is 2.86. The van der Waals surface area contributed by atoms with Crippen LogP contribution >= 0.6 is 7.60 Å². The molecule has 0 amide bonds. The first-order valence-electron chi connectivity index (χ1n) is 8.90. The quantitative estimate of drug-likeness (QED) is 0.276. The standard InChI is InChI=1S/C16H35O7P/c1-3-22-24(18,23-4-2)16-8-6-5-7-10-19-12-14-21-15-13-20-11-9-17/h17H,3-16H2,1-2H3. The Hall–Kier alpha value is -0.0100. The van der Waals surface area contributed by atoms with Gasteiger partial charge in [-0.15, -0.1) is 0 Å². The SMILES string of the molecule is CCOP(=O)(CCCCCCOCCOCCOCCO)OCC. The minimum absolute atomic E-state index is 0.0396. The van der Waals surface area contributed by atoms with Gasteiger partial charge < -0.3 is 28.4 Å². The fourth-order valence-electron chi connectivity index (χ4n) is 2.03. The molecule has 0 fully saturated rings. The molecule has 0 aromatic rings. The van der Waals surface area contributed by atoms with E-state index in [1.54, 1.807) is 0 Å². The van der Waals surface area contributed by atoms with Crippen LogP contribution in [-0.4, -0.2) is 70.7 Å². The van der Waals surface area contributed by atoms with Crippen LogP contribution in [0.2, 0.25) is 0 Å². The van der Waals surface area contributed by atoms with E-state index in [2.05, 4.69) is 0 Å². The van der Waals surface area contributed by atoms with E-state index in [9.17, 15) is 4.57 Å². The summed E-state index contributed by atoms with van der Waals surface area (Å²) in [6.45, 7) is 7.72. The van der Waals surface area contributed by atoms with Gasteiger partial charge in [0.25, 0.3) is 0 Å². The zero-order chi connectivity index (χ0) is 17.9. The number of unbranched alkanes of at least 4 members (excludes halogenated alkanes) is 3. The van der Waals surface area contributed by atoms with Gasteiger partial charge in [0.15, 0.2) is 0 Å². The maximum atomic E-state index is 12.2. The summed E-state index contributed by atoms with van der Waals surface area (Å²) in [7, 11) is -2.88. The summed E-state index contributed by atoms with van der Waals surface area (Å²) in [5.74, 6) is 0. The third-order valence-electron chi connectivity index (χ3n) is 3.10. The van der Waals surface area contributed by atoms with Gasteiger partial charge in [0.1, 0.15) is 0 Å². The summed E-state index contributed by atoms with van der Waals surface area (Å²) in [6, 6.07) is 0. The lowest BCUT2D eigenvalue weighted by molar-refractivity contribution is 0.00720. The molecule has 0 atom stereocenters. The Balaban J connectivity index is 3.31. The Morgan fingerprint density at radius 3 is 1.75 bits per heavy atom. The molecule has 0 bridgehead atoms. The smallest absolute Gasteiger partial charge is 0.330 e. The van der Waals surface area contributed by atoms with Gasteiger partial charge in [0.2, 0.25) is 0 Å². The van der Waals surface area contributed by atoms with Crippen molar-refractivity contribution in [3.63, 3.8) is 0 Å². The first kappa shape index (κ1) is 24.0. The van der Waals surface area contributed by atoms with Crippen LogP contribution in [0.5, 0.6) is 0 Å². The Morgan fingerprint density at radius 1 is 0.708 bits per heavy atom. The van der Waals surface area contributed by atoms with Crippen molar-refractivity contribution >= 4 is 7.60 Å². The molecule has 0 aliphatic heterocycles. The minimum Gasteiger partial charge on any atom is -0.394 e. The molecule has 146 valence electrons. The molecule has 1 N–H and O–H groups in total. The Labute approximate surface area is 146 Å². The molecule has 0 rings (SSSR count). The monoisotopic (exact) mass is 370 g/mol. The van der Waals surface area contributed by atoms with E-state index in [1.165, 1.54) is 0 Å². The van der Waals surface area contributed by atoms with Gasteiger partial charge in [-0.2, -0.15) is 0 Å². The lowest BCUT2D eigenvalue weighted by atomic mass is 10.2. The second-order valence-corrected chi connectivity index (χ2v) is 7.33. The number of aliphatic hydroxyl groups is 1. The third-order valence-corrected chi connectivity index (χ3v) is 5.27. The molecule has 0 aromatic carbocycles. The van der Waals surface area contributed by atoms with Crippen LogP contribution in [0, 0.1) is 0 Å². The van der Waals surface area contributed by atoms with Crippen LogP contribution in [0.3, 0.4) is 0 Å². The summed E-state index contributed by atoms with van der Waals surface area (Å²) in [4.78, 5) is 0. The van der Waals surface area contributed by atoms with E-state index in [4.69, 9.17) is 28.4 Å². The number of hydrogen-bond donors (Lipinski definition) is 1. The van der Waals surface area contributed by atoms with Gasteiger partial charge in [0.05, 0.1) is 59.0 Å². The largest absolute Gasteiger partial charge is 0.394 e. The van der Waals surface area contributed by atoms with E-state index in [0.29, 0.717) is 59.0 Å². The van der Waals surface area contributed by atoms with Crippen molar-refractivity contribution in [1.29, 1.82) is 0 Å². The molecular formula is C16H35O7P. The van der Waals surface area contributed by atoms with Crippen molar-refractivity contribution in [2.24, 2.45) is 0 Å². The highest BCUT2D eigenvalue weighted by atomic mass is 31.2. The molecule has 0 spiro atoms. The van der Waals surface area contributed by atoms with E-state index in [1.807, 2.05) is 13.8 Å². The summed E-state index contributed by atoms with van der Waals surface area (Å²) >= 11 is 0. The second-order valence-electron chi connectivity index (χ2n) is 5.14. The van der Waals surface area contributed by atoms with Crippen molar-refractivity contribution < 1.29 is 32.9 Å². The van der Waals surface area contributed by atoms with E-state index in [0.717, 1.165) is 25.7 Å². The maximum absolute atomic E-state index is 12.2. The van der Waals surface area contributed by atoms with Crippen molar-refractivity contribution in [2.45, 2.75) is 39.5 Å². The summed E-state index contributed by atoms with van der Waals surface area (Å²) in [6.07, 6.45) is 4.34. The van der Waals surface area contributed by atoms with Crippen molar-refractivity contribution in [2.75, 3.05) is 65.6 Å². The molecule has 0 heterocycles. The average molecular weight is 370 g/mol. The molecule has 24 heavy (non-hydrogen) atoms. The molecule has 0 saturated carbocycles. The van der Waals surface area contributed by atoms with Crippen LogP contribution < -0.4 is 0 Å². The molecular weight excluding hydrogens is 335 g/mol. The average Bonchev–Trinajstić information content (AvgIpc) is 2.55. The van der Waals surface area contributed by atoms with Crippen LogP contribution in [-0.2, 0) is 27.8 Å². The number of ether oxygens (including phenoxy) is 3. The third kappa shape index (κ3) is 15.5. The molecule has 0 aliphatic carbocycles. The highest BCUT2D eigenvalue weighted by Crippen LogP contribution is 2.48. The molecule has 8 heteroatoms. The highest BCUT2D eigenvalue weighted by Gasteiger charge is 2.22.